The third-order valence-electron chi connectivity index (χ3n) is 3.99. The Morgan fingerprint density at radius 3 is 2.41 bits per heavy atom. The largest absolute Gasteiger partial charge is 0.434 e. The molecule has 2 aromatic heterocycles. The number of hydrogen-bond acceptors (Lipinski definition) is 4. The topological polar surface area (TPSA) is 36.7 Å². The minimum Gasteiger partial charge on any atom is -0.351 e. The molecule has 3 rings (SSSR count). The van der Waals surface area contributed by atoms with Crippen molar-refractivity contribution in [1.82, 2.24) is 19.3 Å². The van der Waals surface area contributed by atoms with Gasteiger partial charge in [0.15, 0.2) is 17.2 Å². The van der Waals surface area contributed by atoms with Gasteiger partial charge >= 0.3 is 6.18 Å². The van der Waals surface area contributed by atoms with Gasteiger partial charge in [-0.25, -0.2) is 9.97 Å². The Kier molecular flexibility index (Phi) is 3.72. The van der Waals surface area contributed by atoms with E-state index in [2.05, 4.69) is 28.7 Å². The van der Waals surface area contributed by atoms with Gasteiger partial charge in [-0.3, -0.25) is 4.90 Å². The fourth-order valence-corrected chi connectivity index (χ4v) is 2.72. The molecular weight excluding hydrogens is 295 g/mol. The van der Waals surface area contributed by atoms with E-state index in [1.807, 2.05) is 4.90 Å². The number of aromatic nitrogens is 3. The van der Waals surface area contributed by atoms with E-state index in [9.17, 15) is 13.2 Å². The van der Waals surface area contributed by atoms with Crippen LogP contribution >= 0.6 is 0 Å². The minimum atomic E-state index is -4.44. The number of halogens is 3. The molecule has 1 aliphatic rings. The van der Waals surface area contributed by atoms with Crippen molar-refractivity contribution in [2.45, 2.75) is 26.1 Å². The van der Waals surface area contributed by atoms with Gasteiger partial charge in [-0.05, 0) is 13.8 Å². The molecular formula is C14H18F3N5. The highest BCUT2D eigenvalue weighted by molar-refractivity contribution is 5.64. The summed E-state index contributed by atoms with van der Waals surface area (Å²) in [4.78, 5) is 12.3. The first-order chi connectivity index (χ1) is 10.4. The molecule has 0 N–H and O–H groups in total. The molecule has 0 aliphatic carbocycles. The van der Waals surface area contributed by atoms with Crippen LogP contribution in [0, 0.1) is 0 Å². The zero-order chi connectivity index (χ0) is 15.9. The average Bonchev–Trinajstić information content (AvgIpc) is 2.91. The Bertz CT molecular complexity index is 656. The van der Waals surface area contributed by atoms with Crippen LogP contribution < -0.4 is 4.90 Å². The summed E-state index contributed by atoms with van der Waals surface area (Å²) in [6.07, 6.45) is -0.436. The summed E-state index contributed by atoms with van der Waals surface area (Å²) in [6.45, 7) is 7.48. The lowest BCUT2D eigenvalue weighted by atomic mass is 10.2. The third-order valence-corrected chi connectivity index (χ3v) is 3.99. The molecule has 0 radical (unpaired) electrons. The molecule has 3 heterocycles. The van der Waals surface area contributed by atoms with Crippen molar-refractivity contribution in [3.8, 4) is 0 Å². The van der Waals surface area contributed by atoms with E-state index in [4.69, 9.17) is 0 Å². The van der Waals surface area contributed by atoms with Crippen LogP contribution in [0.5, 0.6) is 0 Å². The Labute approximate surface area is 126 Å². The van der Waals surface area contributed by atoms with E-state index in [1.165, 1.54) is 16.8 Å². The number of imidazole rings is 1. The summed E-state index contributed by atoms with van der Waals surface area (Å²) >= 11 is 0. The maximum atomic E-state index is 12.8. The summed E-state index contributed by atoms with van der Waals surface area (Å²) in [5.41, 5.74) is -0.629. The van der Waals surface area contributed by atoms with Crippen LogP contribution in [-0.4, -0.2) is 51.5 Å². The van der Waals surface area contributed by atoms with Gasteiger partial charge < -0.3 is 9.30 Å². The summed E-state index contributed by atoms with van der Waals surface area (Å²) in [6, 6.07) is 0.467. The molecule has 0 unspecified atom stereocenters. The molecule has 0 spiro atoms. The second-order valence-electron chi connectivity index (χ2n) is 5.72. The van der Waals surface area contributed by atoms with Crippen molar-refractivity contribution in [3.05, 3.63) is 24.3 Å². The lowest BCUT2D eigenvalue weighted by molar-refractivity contribution is -0.140. The molecule has 5 nitrogen and oxygen atoms in total. The zero-order valence-corrected chi connectivity index (χ0v) is 12.5. The van der Waals surface area contributed by atoms with Gasteiger partial charge in [-0.1, -0.05) is 0 Å². The first-order valence-electron chi connectivity index (χ1n) is 7.26. The van der Waals surface area contributed by atoms with Crippen molar-refractivity contribution in [1.29, 1.82) is 0 Å². The maximum absolute atomic E-state index is 12.8. The van der Waals surface area contributed by atoms with E-state index in [0.717, 1.165) is 32.4 Å². The van der Waals surface area contributed by atoms with Gasteiger partial charge in [0.25, 0.3) is 0 Å². The van der Waals surface area contributed by atoms with Crippen LogP contribution in [0.15, 0.2) is 18.6 Å². The molecule has 8 heteroatoms. The van der Waals surface area contributed by atoms with Crippen LogP contribution in [0.25, 0.3) is 5.65 Å². The fraction of sp³-hybridized carbons (Fsp3) is 0.571. The summed E-state index contributed by atoms with van der Waals surface area (Å²) in [7, 11) is 0. The van der Waals surface area contributed by atoms with Crippen LogP contribution in [-0.2, 0) is 6.18 Å². The Hall–Kier alpha value is -1.83. The highest BCUT2D eigenvalue weighted by Crippen LogP contribution is 2.30. The van der Waals surface area contributed by atoms with Crippen LogP contribution in [0.1, 0.15) is 19.5 Å². The Morgan fingerprint density at radius 1 is 1.14 bits per heavy atom. The van der Waals surface area contributed by atoms with Crippen LogP contribution in [0.4, 0.5) is 19.0 Å². The zero-order valence-electron chi connectivity index (χ0n) is 12.5. The Balaban J connectivity index is 1.90. The molecule has 120 valence electrons. The fourth-order valence-electron chi connectivity index (χ4n) is 2.72. The predicted octanol–water partition coefficient (Wildman–Crippen LogP) is 2.28. The molecule has 0 saturated carbocycles. The lowest BCUT2D eigenvalue weighted by Crippen LogP contribution is -2.49. The highest BCUT2D eigenvalue weighted by Gasteiger charge is 2.34. The monoisotopic (exact) mass is 313 g/mol. The first kappa shape index (κ1) is 15.1. The van der Waals surface area contributed by atoms with Crippen molar-refractivity contribution in [2.24, 2.45) is 0 Å². The Morgan fingerprint density at radius 2 is 1.82 bits per heavy atom. The lowest BCUT2D eigenvalue weighted by Gasteiger charge is -2.37. The van der Waals surface area contributed by atoms with Gasteiger partial charge in [-0.2, -0.15) is 13.2 Å². The third kappa shape index (κ3) is 2.75. The molecule has 22 heavy (non-hydrogen) atoms. The average molecular weight is 313 g/mol. The first-order valence-corrected chi connectivity index (χ1v) is 7.26. The molecule has 2 aromatic rings. The predicted molar refractivity (Wildman–Crippen MR) is 76.9 cm³/mol. The molecule has 1 fully saturated rings. The normalized spacial score (nSPS) is 17.6. The maximum Gasteiger partial charge on any atom is 0.434 e. The van der Waals surface area contributed by atoms with Crippen molar-refractivity contribution < 1.29 is 13.2 Å². The van der Waals surface area contributed by atoms with Crippen molar-refractivity contribution in [2.75, 3.05) is 31.1 Å². The molecule has 0 amide bonds. The highest BCUT2D eigenvalue weighted by atomic mass is 19.4. The van der Waals surface area contributed by atoms with E-state index in [1.54, 1.807) is 0 Å². The van der Waals surface area contributed by atoms with Gasteiger partial charge in [0.1, 0.15) is 0 Å². The van der Waals surface area contributed by atoms with Gasteiger partial charge in [0, 0.05) is 50.8 Å². The van der Waals surface area contributed by atoms with Crippen molar-refractivity contribution >= 4 is 11.5 Å². The van der Waals surface area contributed by atoms with Crippen LogP contribution in [0.3, 0.4) is 0 Å². The molecule has 0 atom stereocenters. The summed E-state index contributed by atoms with van der Waals surface area (Å²) in [5.74, 6) is 0.515. The van der Waals surface area contributed by atoms with Gasteiger partial charge in [0.2, 0.25) is 0 Å². The molecule has 0 bridgehead atoms. The molecule has 1 saturated heterocycles. The van der Waals surface area contributed by atoms with Gasteiger partial charge in [-0.15, -0.1) is 0 Å². The number of anilines is 1. The smallest absolute Gasteiger partial charge is 0.351 e. The SMILES string of the molecule is CC(C)N1CCN(c2nccn3cc(C(F)(F)F)nc23)CC1. The number of rotatable bonds is 2. The van der Waals surface area contributed by atoms with E-state index in [-0.39, 0.29) is 5.65 Å². The van der Waals surface area contributed by atoms with Gasteiger partial charge in [0.05, 0.1) is 0 Å². The second-order valence-corrected chi connectivity index (χ2v) is 5.72. The number of alkyl halides is 3. The summed E-state index contributed by atoms with van der Waals surface area (Å²) < 4.78 is 39.9. The van der Waals surface area contributed by atoms with E-state index in [0.29, 0.717) is 11.9 Å². The standard InChI is InChI=1S/C14H18F3N5/c1-10(2)20-5-7-21(8-6-20)12-13-19-11(14(15,16)17)9-22(13)4-3-18-12/h3-4,9-10H,5-8H2,1-2H3. The minimum absolute atomic E-state index is 0.257. The van der Waals surface area contributed by atoms with E-state index < -0.39 is 11.9 Å². The number of hydrogen-bond donors (Lipinski definition) is 0. The number of nitrogens with zero attached hydrogens (tertiary/aromatic N) is 5. The second kappa shape index (κ2) is 5.42. The molecule has 1 aliphatic heterocycles. The van der Waals surface area contributed by atoms with Crippen molar-refractivity contribution in [3.63, 3.8) is 0 Å². The van der Waals surface area contributed by atoms with E-state index >= 15 is 0 Å². The number of piperazine rings is 1. The summed E-state index contributed by atoms with van der Waals surface area (Å²) in [5, 5.41) is 0. The quantitative estimate of drug-likeness (QED) is 0.852. The molecule has 0 aromatic carbocycles. The number of fused-ring (bicyclic) bond motifs is 1. The van der Waals surface area contributed by atoms with Crippen LogP contribution in [0.2, 0.25) is 0 Å².